The van der Waals surface area contributed by atoms with Crippen molar-refractivity contribution in [2.45, 2.75) is 45.1 Å². The molecular weight excluding hydrogens is 556 g/mol. The Morgan fingerprint density at radius 1 is 1.08 bits per heavy atom. The molecule has 206 valence electrons. The molecule has 2 aromatic carbocycles. The van der Waals surface area contributed by atoms with Crippen molar-refractivity contribution in [2.75, 3.05) is 39.9 Å². The Labute approximate surface area is 239 Å². The zero-order valence-electron chi connectivity index (χ0n) is 23.0. The fourth-order valence-corrected chi connectivity index (χ4v) is 6.19. The molecule has 0 unspecified atom stereocenters. The Kier molecular flexibility index (Phi) is 8.52. The molecule has 1 aromatic heterocycles. The average molecular weight is 594 g/mol. The molecule has 0 bridgehead atoms. The first-order valence-electron chi connectivity index (χ1n) is 13.8. The van der Waals surface area contributed by atoms with Crippen LogP contribution in [0, 0.1) is 5.92 Å². The van der Waals surface area contributed by atoms with Gasteiger partial charge in [0.15, 0.2) is 0 Å². The third kappa shape index (κ3) is 5.97. The third-order valence-corrected chi connectivity index (χ3v) is 8.91. The van der Waals surface area contributed by atoms with E-state index in [0.717, 1.165) is 84.3 Å². The summed E-state index contributed by atoms with van der Waals surface area (Å²) in [4.78, 5) is 28.2. The highest BCUT2D eigenvalue weighted by Gasteiger charge is 2.39. The number of benzene rings is 2. The molecule has 0 radical (unpaired) electrons. The second-order valence-electron chi connectivity index (χ2n) is 10.7. The minimum Gasteiger partial charge on any atom is -0.497 e. The third-order valence-electron chi connectivity index (χ3n) is 8.39. The fraction of sp³-hybridized carbons (Fsp3) is 0.452. The van der Waals surface area contributed by atoms with Crippen molar-refractivity contribution in [3.63, 3.8) is 0 Å². The van der Waals surface area contributed by atoms with E-state index in [-0.39, 0.29) is 11.4 Å². The number of amides is 1. The standard InChI is InChI=1S/C31H37BrN4O3/c1-4-39-34-29(22-5-7-24(32)8-6-22)23-12-17-36(18-13-23)31(2)14-19-35(20-15-31)30(37)27-11-16-33-28-21-25(38-3)9-10-26(27)28/h5-11,16,21,23H,4,12-15,17-20H2,1-3H3. The molecule has 1 amide bonds. The number of piperidine rings is 2. The maximum absolute atomic E-state index is 13.5. The smallest absolute Gasteiger partial charge is 0.254 e. The molecule has 8 heteroatoms. The lowest BCUT2D eigenvalue weighted by Gasteiger charge is -2.49. The van der Waals surface area contributed by atoms with Gasteiger partial charge in [-0.3, -0.25) is 14.7 Å². The first kappa shape index (κ1) is 27.6. The van der Waals surface area contributed by atoms with E-state index in [2.05, 4.69) is 62.2 Å². The van der Waals surface area contributed by atoms with E-state index < -0.39 is 0 Å². The zero-order valence-corrected chi connectivity index (χ0v) is 24.6. The Balaban J connectivity index is 1.22. The zero-order chi connectivity index (χ0) is 27.4. The van der Waals surface area contributed by atoms with Gasteiger partial charge >= 0.3 is 0 Å². The monoisotopic (exact) mass is 592 g/mol. The summed E-state index contributed by atoms with van der Waals surface area (Å²) in [7, 11) is 1.64. The number of rotatable bonds is 7. The number of oxime groups is 1. The molecule has 2 aliphatic heterocycles. The summed E-state index contributed by atoms with van der Waals surface area (Å²) in [5.74, 6) is 1.20. The second-order valence-corrected chi connectivity index (χ2v) is 11.6. The van der Waals surface area contributed by atoms with E-state index in [4.69, 9.17) is 9.57 Å². The number of pyridine rings is 1. The van der Waals surface area contributed by atoms with E-state index in [1.54, 1.807) is 13.3 Å². The quantitative estimate of drug-likeness (QED) is 0.243. The predicted octanol–water partition coefficient (Wildman–Crippen LogP) is 6.15. The number of halogens is 1. The number of carbonyl (C=O) groups excluding carboxylic acids is 1. The van der Waals surface area contributed by atoms with Crippen LogP contribution in [0.5, 0.6) is 5.75 Å². The molecular formula is C31H37BrN4O3. The summed E-state index contributed by atoms with van der Waals surface area (Å²) in [6, 6.07) is 15.9. The van der Waals surface area contributed by atoms with Crippen LogP contribution in [0.15, 0.2) is 64.4 Å². The number of nitrogens with zero attached hydrogens (tertiary/aromatic N) is 4. The molecule has 7 nitrogen and oxygen atoms in total. The SMILES string of the molecule is CCON=C(c1ccc(Br)cc1)C1CCN(C2(C)CCN(C(=O)c3ccnc4cc(OC)ccc34)CC2)CC1. The van der Waals surface area contributed by atoms with Crippen LogP contribution in [0.2, 0.25) is 0 Å². The van der Waals surface area contributed by atoms with Gasteiger partial charge in [-0.2, -0.15) is 0 Å². The van der Waals surface area contributed by atoms with Gasteiger partial charge in [0.1, 0.15) is 12.4 Å². The summed E-state index contributed by atoms with van der Waals surface area (Å²) in [5.41, 5.74) is 3.76. The van der Waals surface area contributed by atoms with E-state index in [1.807, 2.05) is 36.1 Å². The van der Waals surface area contributed by atoms with Crippen LogP contribution in [-0.4, -0.2) is 71.8 Å². The number of methoxy groups -OCH3 is 1. The highest BCUT2D eigenvalue weighted by molar-refractivity contribution is 9.10. The van der Waals surface area contributed by atoms with E-state index >= 15 is 0 Å². The molecule has 0 N–H and O–H groups in total. The first-order chi connectivity index (χ1) is 18.9. The molecule has 3 heterocycles. The molecule has 0 saturated carbocycles. The van der Waals surface area contributed by atoms with Gasteiger partial charge in [-0.05, 0) is 88.5 Å². The van der Waals surface area contributed by atoms with Crippen molar-refractivity contribution in [1.82, 2.24) is 14.8 Å². The normalized spacial score (nSPS) is 18.8. The second kappa shape index (κ2) is 12.0. The molecule has 5 rings (SSSR count). The van der Waals surface area contributed by atoms with Crippen molar-refractivity contribution in [2.24, 2.45) is 11.1 Å². The van der Waals surface area contributed by atoms with Gasteiger partial charge < -0.3 is 14.5 Å². The lowest BCUT2D eigenvalue weighted by atomic mass is 9.82. The van der Waals surface area contributed by atoms with Crippen LogP contribution >= 0.6 is 15.9 Å². The molecule has 2 fully saturated rings. The minimum atomic E-state index is 0.0830. The molecule has 3 aromatic rings. The summed E-state index contributed by atoms with van der Waals surface area (Å²) >= 11 is 3.53. The van der Waals surface area contributed by atoms with Crippen LogP contribution in [-0.2, 0) is 4.84 Å². The number of likely N-dealkylation sites (tertiary alicyclic amines) is 2. The van der Waals surface area contributed by atoms with Crippen molar-refractivity contribution in [3.8, 4) is 5.75 Å². The highest BCUT2D eigenvalue weighted by atomic mass is 79.9. The van der Waals surface area contributed by atoms with Gasteiger partial charge in [0.05, 0.1) is 23.9 Å². The van der Waals surface area contributed by atoms with Crippen LogP contribution in [0.4, 0.5) is 0 Å². The maximum Gasteiger partial charge on any atom is 0.254 e. The van der Waals surface area contributed by atoms with Crippen molar-refractivity contribution in [1.29, 1.82) is 0 Å². The van der Waals surface area contributed by atoms with Crippen LogP contribution in [0.1, 0.15) is 55.5 Å². The summed E-state index contributed by atoms with van der Waals surface area (Å²) < 4.78 is 6.39. The lowest BCUT2D eigenvalue weighted by Crippen LogP contribution is -2.56. The van der Waals surface area contributed by atoms with Crippen LogP contribution < -0.4 is 4.74 Å². The average Bonchev–Trinajstić information content (AvgIpc) is 2.98. The Morgan fingerprint density at radius 2 is 1.79 bits per heavy atom. The van der Waals surface area contributed by atoms with Crippen LogP contribution in [0.25, 0.3) is 10.9 Å². The van der Waals surface area contributed by atoms with Gasteiger partial charge in [0.25, 0.3) is 5.91 Å². The lowest BCUT2D eigenvalue weighted by molar-refractivity contribution is 0.0162. The van der Waals surface area contributed by atoms with E-state index in [0.29, 0.717) is 18.1 Å². The topological polar surface area (TPSA) is 67.3 Å². The highest BCUT2D eigenvalue weighted by Crippen LogP contribution is 2.34. The van der Waals surface area contributed by atoms with E-state index in [9.17, 15) is 4.79 Å². The first-order valence-corrected chi connectivity index (χ1v) is 14.6. The number of ether oxygens (including phenoxy) is 1. The maximum atomic E-state index is 13.5. The van der Waals surface area contributed by atoms with Crippen molar-refractivity contribution >= 4 is 38.5 Å². The van der Waals surface area contributed by atoms with Crippen LogP contribution in [0.3, 0.4) is 0 Å². The number of hydrogen-bond acceptors (Lipinski definition) is 6. The van der Waals surface area contributed by atoms with Gasteiger partial charge in [-0.1, -0.05) is 33.2 Å². The predicted molar refractivity (Wildman–Crippen MR) is 158 cm³/mol. The van der Waals surface area contributed by atoms with Gasteiger partial charge in [-0.25, -0.2) is 0 Å². The largest absolute Gasteiger partial charge is 0.497 e. The number of carbonyl (C=O) groups is 1. The van der Waals surface area contributed by atoms with Gasteiger partial charge in [-0.15, -0.1) is 0 Å². The minimum absolute atomic E-state index is 0.0830. The molecule has 2 aliphatic rings. The summed E-state index contributed by atoms with van der Waals surface area (Å²) in [6.07, 6.45) is 5.74. The molecule has 39 heavy (non-hydrogen) atoms. The molecule has 0 atom stereocenters. The van der Waals surface area contributed by atoms with Crippen molar-refractivity contribution in [3.05, 3.63) is 70.3 Å². The summed E-state index contributed by atoms with van der Waals surface area (Å²) in [5, 5.41) is 5.41. The van der Waals surface area contributed by atoms with Gasteiger partial charge in [0.2, 0.25) is 0 Å². The Bertz CT molecular complexity index is 1330. The number of fused-ring (bicyclic) bond motifs is 1. The molecule has 0 aliphatic carbocycles. The summed E-state index contributed by atoms with van der Waals surface area (Å²) in [6.45, 7) is 8.46. The van der Waals surface area contributed by atoms with Crippen molar-refractivity contribution < 1.29 is 14.4 Å². The Morgan fingerprint density at radius 3 is 2.46 bits per heavy atom. The fourth-order valence-electron chi connectivity index (χ4n) is 5.93. The number of aromatic nitrogens is 1. The molecule has 2 saturated heterocycles. The van der Waals surface area contributed by atoms with E-state index in [1.165, 1.54) is 0 Å². The Hall–Kier alpha value is -2.97. The molecule has 0 spiro atoms. The van der Waals surface area contributed by atoms with Gasteiger partial charge in [0, 0.05) is 46.7 Å². The number of hydrogen-bond donors (Lipinski definition) is 0.